The van der Waals surface area contributed by atoms with Crippen LogP contribution in [0.2, 0.25) is 0 Å². The molecule has 1 rings (SSSR count). The molecule has 0 aliphatic heterocycles. The highest BCUT2D eigenvalue weighted by molar-refractivity contribution is 4.80. The predicted molar refractivity (Wildman–Crippen MR) is 59.8 cm³/mol. The van der Waals surface area contributed by atoms with Gasteiger partial charge in [-0.3, -0.25) is 0 Å². The highest BCUT2D eigenvalue weighted by atomic mass is 14.3. The lowest BCUT2D eigenvalue weighted by Crippen LogP contribution is -2.02. The zero-order valence-corrected chi connectivity index (χ0v) is 9.68. The quantitative estimate of drug-likeness (QED) is 0.581. The van der Waals surface area contributed by atoms with Gasteiger partial charge in [0.15, 0.2) is 0 Å². The minimum absolute atomic E-state index is 1.02. The van der Waals surface area contributed by atoms with E-state index in [1.165, 1.54) is 44.9 Å². The van der Waals surface area contributed by atoms with Gasteiger partial charge in [-0.2, -0.15) is 0 Å². The molecule has 1 aliphatic carbocycles. The van der Waals surface area contributed by atoms with Crippen LogP contribution in [0.25, 0.3) is 0 Å². The fraction of sp³-hybridized carbons (Fsp3) is 1.00. The summed E-state index contributed by atoms with van der Waals surface area (Å²) in [7, 11) is 0. The van der Waals surface area contributed by atoms with Crippen molar-refractivity contribution in [3.05, 3.63) is 0 Å². The fourth-order valence-electron chi connectivity index (χ4n) is 2.98. The zero-order valence-electron chi connectivity index (χ0n) is 9.68. The Morgan fingerprint density at radius 1 is 1.00 bits per heavy atom. The molecule has 0 saturated heterocycles. The smallest absolute Gasteiger partial charge is 0.0386 e. The molecule has 0 nitrogen and oxygen atoms in total. The van der Waals surface area contributed by atoms with Crippen LogP contribution in [0.5, 0.6) is 0 Å². The molecule has 1 saturated carbocycles. The van der Waals surface area contributed by atoms with Crippen molar-refractivity contribution in [2.75, 3.05) is 0 Å². The Hall–Kier alpha value is 0. The molecule has 0 heteroatoms. The molecule has 0 amide bonds. The van der Waals surface area contributed by atoms with Crippen LogP contribution >= 0.6 is 0 Å². The van der Waals surface area contributed by atoms with Gasteiger partial charge in [0.2, 0.25) is 0 Å². The number of unbranched alkanes of at least 4 members (excludes halogenated alkanes) is 1. The molecular weight excluding hydrogens is 156 g/mol. The van der Waals surface area contributed by atoms with E-state index in [1.54, 1.807) is 0 Å². The first kappa shape index (κ1) is 11.1. The summed E-state index contributed by atoms with van der Waals surface area (Å²) in [5, 5.41) is 0. The monoisotopic (exact) mass is 182 g/mol. The summed E-state index contributed by atoms with van der Waals surface area (Å²) in [5.74, 6) is 3.15. The van der Waals surface area contributed by atoms with Gasteiger partial charge < -0.3 is 0 Å². The van der Waals surface area contributed by atoms with Crippen molar-refractivity contribution in [1.29, 1.82) is 0 Å². The maximum Gasteiger partial charge on any atom is -0.0386 e. The van der Waals surface area contributed by atoms with Gasteiger partial charge in [0, 0.05) is 0 Å². The maximum absolute atomic E-state index is 2.46. The van der Waals surface area contributed by atoms with Crippen molar-refractivity contribution >= 4 is 0 Å². The normalized spacial score (nSPS) is 33.9. The van der Waals surface area contributed by atoms with Crippen LogP contribution in [0.1, 0.15) is 65.7 Å². The third-order valence-corrected chi connectivity index (χ3v) is 3.77. The van der Waals surface area contributed by atoms with Gasteiger partial charge >= 0.3 is 0 Å². The second-order valence-corrected chi connectivity index (χ2v) is 5.01. The largest absolute Gasteiger partial charge is 0.0654 e. The van der Waals surface area contributed by atoms with Crippen LogP contribution < -0.4 is 0 Å². The van der Waals surface area contributed by atoms with Crippen molar-refractivity contribution < 1.29 is 0 Å². The van der Waals surface area contributed by atoms with E-state index in [-0.39, 0.29) is 0 Å². The van der Waals surface area contributed by atoms with Gasteiger partial charge in [-0.1, -0.05) is 52.9 Å². The lowest BCUT2D eigenvalue weighted by atomic mass is 9.93. The molecule has 0 aromatic rings. The summed E-state index contributed by atoms with van der Waals surface area (Å²) >= 11 is 0. The van der Waals surface area contributed by atoms with Crippen LogP contribution in [-0.4, -0.2) is 0 Å². The number of rotatable bonds is 5. The van der Waals surface area contributed by atoms with Crippen LogP contribution in [0.15, 0.2) is 0 Å². The lowest BCUT2D eigenvalue weighted by Gasteiger charge is -2.12. The molecule has 0 bridgehead atoms. The average molecular weight is 182 g/mol. The van der Waals surface area contributed by atoms with E-state index in [4.69, 9.17) is 0 Å². The van der Waals surface area contributed by atoms with Gasteiger partial charge in [0.1, 0.15) is 0 Å². The minimum Gasteiger partial charge on any atom is -0.0654 e. The standard InChI is InChI=1S/C13H26/c1-4-6-8-12-9-11(3)13(10-12)7-5-2/h11-13H,4-10H2,1-3H3. The van der Waals surface area contributed by atoms with Crippen molar-refractivity contribution in [3.8, 4) is 0 Å². The third kappa shape index (κ3) is 3.32. The maximum atomic E-state index is 2.46. The Morgan fingerprint density at radius 2 is 1.77 bits per heavy atom. The van der Waals surface area contributed by atoms with Crippen LogP contribution in [0, 0.1) is 17.8 Å². The first-order valence-corrected chi connectivity index (χ1v) is 6.27. The molecule has 3 atom stereocenters. The summed E-state index contributed by atoms with van der Waals surface area (Å²) in [6, 6.07) is 0. The summed E-state index contributed by atoms with van der Waals surface area (Å²) in [6.07, 6.45) is 10.2. The molecule has 1 aliphatic rings. The highest BCUT2D eigenvalue weighted by Gasteiger charge is 2.29. The molecule has 0 aromatic carbocycles. The Balaban J connectivity index is 2.23. The van der Waals surface area contributed by atoms with Gasteiger partial charge in [-0.05, 0) is 30.6 Å². The van der Waals surface area contributed by atoms with E-state index in [0.717, 1.165) is 17.8 Å². The second-order valence-electron chi connectivity index (χ2n) is 5.01. The Bertz CT molecular complexity index is 128. The molecule has 0 aromatic heterocycles. The first-order chi connectivity index (χ1) is 6.27. The molecule has 13 heavy (non-hydrogen) atoms. The lowest BCUT2D eigenvalue weighted by molar-refractivity contribution is 0.386. The van der Waals surface area contributed by atoms with E-state index in [1.807, 2.05) is 0 Å². The predicted octanol–water partition coefficient (Wildman–Crippen LogP) is 4.64. The van der Waals surface area contributed by atoms with Crippen molar-refractivity contribution in [3.63, 3.8) is 0 Å². The zero-order chi connectivity index (χ0) is 9.68. The van der Waals surface area contributed by atoms with Crippen LogP contribution in [-0.2, 0) is 0 Å². The number of hydrogen-bond donors (Lipinski definition) is 0. The van der Waals surface area contributed by atoms with Crippen molar-refractivity contribution in [1.82, 2.24) is 0 Å². The van der Waals surface area contributed by atoms with Crippen LogP contribution in [0.4, 0.5) is 0 Å². The van der Waals surface area contributed by atoms with Crippen molar-refractivity contribution in [2.45, 2.75) is 65.7 Å². The SMILES string of the molecule is CCCCC1CC(C)C(CCC)C1. The molecule has 1 fully saturated rings. The Kier molecular flexibility index (Phi) is 4.83. The van der Waals surface area contributed by atoms with Gasteiger partial charge in [0.25, 0.3) is 0 Å². The van der Waals surface area contributed by atoms with Crippen LogP contribution in [0.3, 0.4) is 0 Å². The van der Waals surface area contributed by atoms with Crippen molar-refractivity contribution in [2.24, 2.45) is 17.8 Å². The Labute approximate surface area is 84.1 Å². The number of hydrogen-bond acceptors (Lipinski definition) is 0. The van der Waals surface area contributed by atoms with Gasteiger partial charge in [-0.25, -0.2) is 0 Å². The molecule has 0 spiro atoms. The molecule has 0 heterocycles. The van der Waals surface area contributed by atoms with E-state index in [9.17, 15) is 0 Å². The molecule has 78 valence electrons. The second kappa shape index (κ2) is 5.67. The highest BCUT2D eigenvalue weighted by Crippen LogP contribution is 2.40. The molecule has 0 radical (unpaired) electrons. The van der Waals surface area contributed by atoms with E-state index < -0.39 is 0 Å². The average Bonchev–Trinajstić information content (AvgIpc) is 2.45. The van der Waals surface area contributed by atoms with E-state index in [2.05, 4.69) is 20.8 Å². The first-order valence-electron chi connectivity index (χ1n) is 6.27. The van der Waals surface area contributed by atoms with E-state index >= 15 is 0 Å². The summed E-state index contributed by atoms with van der Waals surface area (Å²) < 4.78 is 0. The fourth-order valence-corrected chi connectivity index (χ4v) is 2.98. The summed E-state index contributed by atoms with van der Waals surface area (Å²) in [4.78, 5) is 0. The molecule has 0 N–H and O–H groups in total. The topological polar surface area (TPSA) is 0 Å². The molecule has 3 unspecified atom stereocenters. The Morgan fingerprint density at radius 3 is 2.38 bits per heavy atom. The summed E-state index contributed by atoms with van der Waals surface area (Å²) in [6.45, 7) is 7.10. The third-order valence-electron chi connectivity index (χ3n) is 3.77. The van der Waals surface area contributed by atoms with Gasteiger partial charge in [0.05, 0.1) is 0 Å². The van der Waals surface area contributed by atoms with E-state index in [0.29, 0.717) is 0 Å². The minimum atomic E-state index is 1.02. The summed E-state index contributed by atoms with van der Waals surface area (Å²) in [5.41, 5.74) is 0. The molecular formula is C13H26. The van der Waals surface area contributed by atoms with Gasteiger partial charge in [-0.15, -0.1) is 0 Å².